The van der Waals surface area contributed by atoms with Crippen molar-refractivity contribution in [3.63, 3.8) is 0 Å². The van der Waals surface area contributed by atoms with E-state index in [1.807, 2.05) is 25.1 Å². The second-order valence-corrected chi connectivity index (χ2v) is 6.68. The topological polar surface area (TPSA) is 49.3 Å². The molecule has 0 heterocycles. The van der Waals surface area contributed by atoms with Gasteiger partial charge in [-0.05, 0) is 36.5 Å². The van der Waals surface area contributed by atoms with Crippen LogP contribution < -0.4 is 5.32 Å². The summed E-state index contributed by atoms with van der Waals surface area (Å²) in [4.78, 5) is 12.1. The number of carbonyl (C=O) groups excluding carboxylic acids is 1. The number of amides is 1. The fraction of sp³-hybridized carbons (Fsp3) is 0.562. The SMILES string of the molecule is CC(CO)CSCC(=O)NC1(c2ccccc2)CCC1. The second-order valence-electron chi connectivity index (χ2n) is 5.65. The molecule has 1 fully saturated rings. The molecule has 4 heteroatoms. The lowest BCUT2D eigenvalue weighted by Crippen LogP contribution is -2.51. The van der Waals surface area contributed by atoms with E-state index in [0.717, 1.165) is 18.6 Å². The van der Waals surface area contributed by atoms with Crippen LogP contribution in [0.15, 0.2) is 30.3 Å². The van der Waals surface area contributed by atoms with Crippen LogP contribution in [0, 0.1) is 5.92 Å². The maximum absolute atomic E-state index is 12.1. The molecule has 1 aliphatic carbocycles. The number of carbonyl (C=O) groups is 1. The fourth-order valence-corrected chi connectivity index (χ4v) is 3.37. The molecule has 1 unspecified atom stereocenters. The van der Waals surface area contributed by atoms with Gasteiger partial charge in [0.1, 0.15) is 0 Å². The van der Waals surface area contributed by atoms with E-state index in [4.69, 9.17) is 5.11 Å². The highest BCUT2D eigenvalue weighted by molar-refractivity contribution is 7.99. The lowest BCUT2D eigenvalue weighted by atomic mass is 9.72. The van der Waals surface area contributed by atoms with Gasteiger partial charge in [-0.15, -0.1) is 0 Å². The summed E-state index contributed by atoms with van der Waals surface area (Å²) in [6.45, 7) is 2.17. The molecule has 0 bridgehead atoms. The standard InChI is InChI=1S/C16H23NO2S/c1-13(10-18)11-20-12-15(19)17-16(8-5-9-16)14-6-3-2-4-7-14/h2-4,6-7,13,18H,5,8-12H2,1H3,(H,17,19). The van der Waals surface area contributed by atoms with Crippen molar-refractivity contribution in [1.29, 1.82) is 0 Å². The highest BCUT2D eigenvalue weighted by Crippen LogP contribution is 2.41. The summed E-state index contributed by atoms with van der Waals surface area (Å²) in [5, 5.41) is 12.2. The van der Waals surface area contributed by atoms with E-state index >= 15 is 0 Å². The third-order valence-corrected chi connectivity index (χ3v) is 5.13. The Bertz CT molecular complexity index is 431. The Morgan fingerprint density at radius 2 is 2.10 bits per heavy atom. The van der Waals surface area contributed by atoms with E-state index in [9.17, 15) is 4.79 Å². The summed E-state index contributed by atoms with van der Waals surface area (Å²) in [7, 11) is 0. The van der Waals surface area contributed by atoms with Gasteiger partial charge in [0.05, 0.1) is 11.3 Å². The number of nitrogens with one attached hydrogen (secondary N) is 1. The van der Waals surface area contributed by atoms with Crippen LogP contribution >= 0.6 is 11.8 Å². The number of aliphatic hydroxyl groups is 1. The van der Waals surface area contributed by atoms with Crippen molar-refractivity contribution in [2.75, 3.05) is 18.1 Å². The lowest BCUT2D eigenvalue weighted by Gasteiger charge is -2.43. The van der Waals surface area contributed by atoms with Gasteiger partial charge in [-0.25, -0.2) is 0 Å². The van der Waals surface area contributed by atoms with Crippen molar-refractivity contribution in [2.45, 2.75) is 31.7 Å². The quantitative estimate of drug-likeness (QED) is 0.812. The van der Waals surface area contributed by atoms with Gasteiger partial charge < -0.3 is 10.4 Å². The van der Waals surface area contributed by atoms with Crippen molar-refractivity contribution in [3.8, 4) is 0 Å². The molecular weight excluding hydrogens is 270 g/mol. The Labute approximate surface area is 125 Å². The molecule has 2 N–H and O–H groups in total. The number of hydrogen-bond donors (Lipinski definition) is 2. The smallest absolute Gasteiger partial charge is 0.230 e. The van der Waals surface area contributed by atoms with Gasteiger partial charge in [0.2, 0.25) is 5.91 Å². The highest BCUT2D eigenvalue weighted by atomic mass is 32.2. The van der Waals surface area contributed by atoms with Crippen LogP contribution in [0.3, 0.4) is 0 Å². The van der Waals surface area contributed by atoms with Crippen LogP contribution in [0.1, 0.15) is 31.7 Å². The van der Waals surface area contributed by atoms with Gasteiger partial charge in [-0.1, -0.05) is 37.3 Å². The third kappa shape index (κ3) is 3.76. The van der Waals surface area contributed by atoms with Gasteiger partial charge in [0.25, 0.3) is 0 Å². The molecule has 20 heavy (non-hydrogen) atoms. The Kier molecular flexibility index (Phi) is 5.49. The third-order valence-electron chi connectivity index (χ3n) is 3.86. The molecule has 0 spiro atoms. The van der Waals surface area contributed by atoms with Gasteiger partial charge in [0, 0.05) is 6.61 Å². The number of hydrogen-bond acceptors (Lipinski definition) is 3. The van der Waals surface area contributed by atoms with Crippen molar-refractivity contribution in [1.82, 2.24) is 5.32 Å². The molecular formula is C16H23NO2S. The van der Waals surface area contributed by atoms with Crippen LogP contribution in [0.2, 0.25) is 0 Å². The molecule has 1 saturated carbocycles. The molecule has 1 atom stereocenters. The highest BCUT2D eigenvalue weighted by Gasteiger charge is 2.39. The van der Waals surface area contributed by atoms with Gasteiger partial charge in [0.15, 0.2) is 0 Å². The zero-order valence-corrected chi connectivity index (χ0v) is 12.8. The summed E-state index contributed by atoms with van der Waals surface area (Å²) in [5.41, 5.74) is 1.08. The first-order valence-electron chi connectivity index (χ1n) is 7.21. The maximum atomic E-state index is 12.1. The van der Waals surface area contributed by atoms with Crippen molar-refractivity contribution < 1.29 is 9.90 Å². The molecule has 0 radical (unpaired) electrons. The van der Waals surface area contributed by atoms with Gasteiger partial charge in [-0.2, -0.15) is 11.8 Å². The fourth-order valence-electron chi connectivity index (χ4n) is 2.48. The summed E-state index contributed by atoms with van der Waals surface area (Å²) >= 11 is 1.59. The van der Waals surface area contributed by atoms with Gasteiger partial charge in [-0.3, -0.25) is 4.79 Å². The van der Waals surface area contributed by atoms with E-state index in [1.165, 1.54) is 12.0 Å². The average molecular weight is 293 g/mol. The average Bonchev–Trinajstić information content (AvgIpc) is 2.43. The molecule has 110 valence electrons. The Hall–Kier alpha value is -1.00. The zero-order valence-electron chi connectivity index (χ0n) is 12.0. The first-order chi connectivity index (χ1) is 9.66. The van der Waals surface area contributed by atoms with Crippen LogP contribution in [-0.4, -0.2) is 29.1 Å². The summed E-state index contributed by atoms with van der Waals surface area (Å²) in [6.07, 6.45) is 3.23. The minimum atomic E-state index is -0.137. The van der Waals surface area contributed by atoms with Crippen LogP contribution in [-0.2, 0) is 10.3 Å². The summed E-state index contributed by atoms with van der Waals surface area (Å²) < 4.78 is 0. The molecule has 1 aromatic rings. The Morgan fingerprint density at radius 1 is 1.40 bits per heavy atom. The molecule has 1 aliphatic rings. The largest absolute Gasteiger partial charge is 0.396 e. The second kappa shape index (κ2) is 7.14. The van der Waals surface area contributed by atoms with Crippen LogP contribution in [0.25, 0.3) is 0 Å². The molecule has 0 aliphatic heterocycles. The normalized spacial score (nSPS) is 18.1. The first-order valence-corrected chi connectivity index (χ1v) is 8.37. The Morgan fingerprint density at radius 3 is 2.65 bits per heavy atom. The molecule has 0 aromatic heterocycles. The lowest BCUT2D eigenvalue weighted by molar-refractivity contribution is -0.121. The summed E-state index contributed by atoms with van der Waals surface area (Å²) in [6, 6.07) is 10.3. The van der Waals surface area contributed by atoms with Crippen molar-refractivity contribution in [2.24, 2.45) is 5.92 Å². The number of rotatable bonds is 7. The number of thioether (sulfide) groups is 1. The molecule has 2 rings (SSSR count). The van der Waals surface area contributed by atoms with Crippen LogP contribution in [0.5, 0.6) is 0 Å². The molecule has 3 nitrogen and oxygen atoms in total. The maximum Gasteiger partial charge on any atom is 0.230 e. The molecule has 1 aromatic carbocycles. The first kappa shape index (κ1) is 15.4. The minimum absolute atomic E-state index is 0.101. The van der Waals surface area contributed by atoms with E-state index in [2.05, 4.69) is 17.4 Å². The Balaban J connectivity index is 1.86. The zero-order chi connectivity index (χ0) is 14.4. The molecule has 1 amide bonds. The van der Waals surface area contributed by atoms with Crippen molar-refractivity contribution in [3.05, 3.63) is 35.9 Å². The monoisotopic (exact) mass is 293 g/mol. The molecule has 0 saturated heterocycles. The van der Waals surface area contributed by atoms with E-state index in [1.54, 1.807) is 11.8 Å². The van der Waals surface area contributed by atoms with E-state index in [0.29, 0.717) is 5.75 Å². The predicted octanol–water partition coefficient (Wildman–Crippen LogP) is 2.54. The van der Waals surface area contributed by atoms with E-state index in [-0.39, 0.29) is 24.0 Å². The van der Waals surface area contributed by atoms with E-state index < -0.39 is 0 Å². The van der Waals surface area contributed by atoms with Crippen LogP contribution in [0.4, 0.5) is 0 Å². The predicted molar refractivity (Wildman–Crippen MR) is 83.7 cm³/mol. The summed E-state index contributed by atoms with van der Waals surface area (Å²) in [5.74, 6) is 1.64. The van der Waals surface area contributed by atoms with Crippen molar-refractivity contribution >= 4 is 17.7 Å². The minimum Gasteiger partial charge on any atom is -0.396 e. The van der Waals surface area contributed by atoms with Gasteiger partial charge >= 0.3 is 0 Å². The number of aliphatic hydroxyl groups excluding tert-OH is 1. The number of benzene rings is 1.